The molecule has 3 heterocycles. The fraction of sp³-hybridized carbons (Fsp3) is 0.174. The summed E-state index contributed by atoms with van der Waals surface area (Å²) in [6, 6.07) is 16.2. The number of esters is 1. The number of hydrogen-bond donors (Lipinski definition) is 1. The minimum absolute atomic E-state index is 0.281. The van der Waals surface area contributed by atoms with E-state index in [1.807, 2.05) is 35.7 Å². The van der Waals surface area contributed by atoms with Crippen LogP contribution in [0.3, 0.4) is 0 Å². The van der Waals surface area contributed by atoms with Crippen molar-refractivity contribution in [3.05, 3.63) is 83.1 Å². The Hall–Kier alpha value is -3.65. The lowest BCUT2D eigenvalue weighted by Gasteiger charge is -2.17. The van der Waals surface area contributed by atoms with Gasteiger partial charge in [0.1, 0.15) is 11.4 Å². The Morgan fingerprint density at radius 1 is 1.16 bits per heavy atom. The van der Waals surface area contributed by atoms with E-state index in [1.165, 1.54) is 0 Å². The average molecular weight is 436 g/mol. The molecule has 0 fully saturated rings. The monoisotopic (exact) mass is 435 g/mol. The molecule has 8 heteroatoms. The first-order chi connectivity index (χ1) is 15.1. The summed E-state index contributed by atoms with van der Waals surface area (Å²) in [7, 11) is 3.39. The van der Waals surface area contributed by atoms with Gasteiger partial charge in [-0.2, -0.15) is 0 Å². The van der Waals surface area contributed by atoms with Crippen molar-refractivity contribution in [2.24, 2.45) is 7.05 Å². The fourth-order valence-electron chi connectivity index (χ4n) is 3.22. The van der Waals surface area contributed by atoms with Crippen LogP contribution in [-0.2, 0) is 23.1 Å². The van der Waals surface area contributed by atoms with Crippen LogP contribution in [0, 0.1) is 0 Å². The maximum absolute atomic E-state index is 13.0. The molecule has 158 valence electrons. The highest BCUT2D eigenvalue weighted by Gasteiger charge is 2.28. The van der Waals surface area contributed by atoms with E-state index in [1.54, 1.807) is 60.5 Å². The standard InChI is InChI=1S/C23H21N3O4S/c1-26-18-10-12-31-20(18)13-19(26)23(28)30-21(17-5-3-4-11-24-17)22(27)25-14-15-6-8-16(29-2)9-7-15/h3-13,21H,14H2,1-2H3,(H,25,27)/t21-/m1/s1. The van der Waals surface area contributed by atoms with Gasteiger partial charge < -0.3 is 19.4 Å². The molecule has 1 amide bonds. The van der Waals surface area contributed by atoms with E-state index in [9.17, 15) is 9.59 Å². The van der Waals surface area contributed by atoms with Gasteiger partial charge in [0.15, 0.2) is 0 Å². The third kappa shape index (κ3) is 4.44. The number of fused-ring (bicyclic) bond motifs is 1. The molecule has 0 aliphatic carbocycles. The number of amides is 1. The summed E-state index contributed by atoms with van der Waals surface area (Å²) in [5, 5.41) is 4.79. The molecular weight excluding hydrogens is 414 g/mol. The van der Waals surface area contributed by atoms with Crippen LogP contribution < -0.4 is 10.1 Å². The molecule has 0 unspecified atom stereocenters. The normalized spacial score (nSPS) is 11.8. The van der Waals surface area contributed by atoms with Crippen LogP contribution in [0.5, 0.6) is 5.75 Å². The number of pyridine rings is 1. The number of aromatic nitrogens is 2. The highest BCUT2D eigenvalue weighted by molar-refractivity contribution is 7.17. The Bertz CT molecular complexity index is 1200. The number of methoxy groups -OCH3 is 1. The average Bonchev–Trinajstić information content (AvgIpc) is 3.39. The lowest BCUT2D eigenvalue weighted by Crippen LogP contribution is -2.32. The predicted molar refractivity (Wildman–Crippen MR) is 118 cm³/mol. The Kier molecular flexibility index (Phi) is 5.99. The van der Waals surface area contributed by atoms with Crippen LogP contribution in [0.2, 0.25) is 0 Å². The van der Waals surface area contributed by atoms with Gasteiger partial charge in [0, 0.05) is 19.8 Å². The summed E-state index contributed by atoms with van der Waals surface area (Å²) in [6.45, 7) is 0.281. The highest BCUT2D eigenvalue weighted by Crippen LogP contribution is 2.26. The number of aryl methyl sites for hydroxylation is 1. The van der Waals surface area contributed by atoms with Crippen LogP contribution in [0.1, 0.15) is 27.8 Å². The first-order valence-corrected chi connectivity index (χ1v) is 10.5. The smallest absolute Gasteiger partial charge is 0.356 e. The summed E-state index contributed by atoms with van der Waals surface area (Å²) < 4.78 is 13.5. The number of hydrogen-bond acceptors (Lipinski definition) is 6. The van der Waals surface area contributed by atoms with Crippen molar-refractivity contribution in [1.29, 1.82) is 0 Å². The first kappa shape index (κ1) is 20.6. The maximum Gasteiger partial charge on any atom is 0.356 e. The molecule has 0 radical (unpaired) electrons. The summed E-state index contributed by atoms with van der Waals surface area (Å²) in [4.78, 5) is 30.1. The molecular formula is C23H21N3O4S. The van der Waals surface area contributed by atoms with Gasteiger partial charge in [-0.15, -0.1) is 11.3 Å². The molecule has 1 aromatic carbocycles. The Morgan fingerprint density at radius 3 is 2.65 bits per heavy atom. The maximum atomic E-state index is 13.0. The van der Waals surface area contributed by atoms with Crippen LogP contribution in [-0.4, -0.2) is 28.5 Å². The molecule has 7 nitrogen and oxygen atoms in total. The van der Waals surface area contributed by atoms with Crippen molar-refractivity contribution in [2.75, 3.05) is 7.11 Å². The molecule has 0 saturated carbocycles. The van der Waals surface area contributed by atoms with E-state index in [2.05, 4.69) is 10.3 Å². The topological polar surface area (TPSA) is 82.5 Å². The number of carbonyl (C=O) groups is 2. The van der Waals surface area contributed by atoms with Crippen molar-refractivity contribution in [3.63, 3.8) is 0 Å². The summed E-state index contributed by atoms with van der Waals surface area (Å²) in [5.74, 6) is -0.294. The summed E-state index contributed by atoms with van der Waals surface area (Å²) in [6.07, 6.45) is 0.394. The van der Waals surface area contributed by atoms with E-state index < -0.39 is 18.0 Å². The molecule has 3 aromatic heterocycles. The minimum atomic E-state index is -1.17. The van der Waals surface area contributed by atoms with Gasteiger partial charge in [0.25, 0.3) is 5.91 Å². The van der Waals surface area contributed by atoms with E-state index >= 15 is 0 Å². The third-order valence-electron chi connectivity index (χ3n) is 4.92. The summed E-state index contributed by atoms with van der Waals surface area (Å²) >= 11 is 1.54. The zero-order chi connectivity index (χ0) is 21.8. The molecule has 31 heavy (non-hydrogen) atoms. The molecule has 0 aliphatic rings. The third-order valence-corrected chi connectivity index (χ3v) is 5.77. The molecule has 1 atom stereocenters. The first-order valence-electron chi connectivity index (χ1n) is 9.62. The van der Waals surface area contributed by atoms with Gasteiger partial charge >= 0.3 is 5.97 Å². The SMILES string of the molecule is COc1ccc(CNC(=O)[C@H](OC(=O)c2cc3sccc3n2C)c2ccccn2)cc1. The lowest BCUT2D eigenvalue weighted by molar-refractivity contribution is -0.130. The van der Waals surface area contributed by atoms with Gasteiger partial charge in [-0.3, -0.25) is 9.78 Å². The lowest BCUT2D eigenvalue weighted by atomic mass is 10.2. The van der Waals surface area contributed by atoms with Gasteiger partial charge in [0.05, 0.1) is 23.0 Å². The Balaban J connectivity index is 1.52. The van der Waals surface area contributed by atoms with Crippen LogP contribution in [0.25, 0.3) is 10.2 Å². The van der Waals surface area contributed by atoms with Gasteiger partial charge in [-0.25, -0.2) is 4.79 Å². The second kappa shape index (κ2) is 9.01. The summed E-state index contributed by atoms with van der Waals surface area (Å²) in [5.41, 5.74) is 2.57. The van der Waals surface area contributed by atoms with Crippen molar-refractivity contribution >= 4 is 33.4 Å². The molecule has 0 saturated heterocycles. The molecule has 4 rings (SSSR count). The second-order valence-electron chi connectivity index (χ2n) is 6.86. The van der Waals surface area contributed by atoms with Gasteiger partial charge in [0.2, 0.25) is 6.10 Å². The Labute approximate surface area is 183 Å². The largest absolute Gasteiger partial charge is 0.497 e. The van der Waals surface area contributed by atoms with E-state index in [0.29, 0.717) is 11.4 Å². The zero-order valence-corrected chi connectivity index (χ0v) is 17.9. The van der Waals surface area contributed by atoms with Gasteiger partial charge in [-0.05, 0) is 47.3 Å². The minimum Gasteiger partial charge on any atom is -0.497 e. The van der Waals surface area contributed by atoms with E-state index in [0.717, 1.165) is 21.5 Å². The molecule has 0 aliphatic heterocycles. The van der Waals surface area contributed by atoms with Crippen LogP contribution >= 0.6 is 11.3 Å². The zero-order valence-electron chi connectivity index (χ0n) is 17.1. The fourth-order valence-corrected chi connectivity index (χ4v) is 4.07. The van der Waals surface area contributed by atoms with Crippen molar-refractivity contribution in [3.8, 4) is 5.75 Å². The second-order valence-corrected chi connectivity index (χ2v) is 7.81. The van der Waals surface area contributed by atoms with Crippen LogP contribution in [0.15, 0.2) is 66.2 Å². The van der Waals surface area contributed by atoms with E-state index in [4.69, 9.17) is 9.47 Å². The van der Waals surface area contributed by atoms with Crippen molar-refractivity contribution in [2.45, 2.75) is 12.6 Å². The predicted octanol–water partition coefficient (Wildman–Crippen LogP) is 3.86. The number of nitrogens with zero attached hydrogens (tertiary/aromatic N) is 2. The Morgan fingerprint density at radius 2 is 1.97 bits per heavy atom. The number of carbonyl (C=O) groups excluding carboxylic acids is 2. The van der Waals surface area contributed by atoms with Crippen LogP contribution in [0.4, 0.5) is 0 Å². The van der Waals surface area contributed by atoms with Crippen molar-refractivity contribution < 1.29 is 19.1 Å². The van der Waals surface area contributed by atoms with Crippen molar-refractivity contribution in [1.82, 2.24) is 14.9 Å². The molecule has 1 N–H and O–H groups in total. The van der Waals surface area contributed by atoms with E-state index in [-0.39, 0.29) is 6.54 Å². The number of benzene rings is 1. The molecule has 4 aromatic rings. The number of nitrogens with one attached hydrogen (secondary N) is 1. The molecule has 0 bridgehead atoms. The quantitative estimate of drug-likeness (QED) is 0.446. The molecule has 0 spiro atoms. The highest BCUT2D eigenvalue weighted by atomic mass is 32.1. The number of ether oxygens (including phenoxy) is 2. The number of rotatable bonds is 7. The van der Waals surface area contributed by atoms with Gasteiger partial charge in [-0.1, -0.05) is 18.2 Å². The number of thiophene rings is 1.